The molecule has 1 saturated carbocycles. The molecule has 1 aliphatic carbocycles. The van der Waals surface area contributed by atoms with Gasteiger partial charge in [-0.15, -0.1) is 0 Å². The van der Waals surface area contributed by atoms with Gasteiger partial charge in [-0.25, -0.2) is 5.10 Å². The van der Waals surface area contributed by atoms with E-state index in [1.807, 2.05) is 18.2 Å². The zero-order valence-corrected chi connectivity index (χ0v) is 15.9. The molecule has 1 aromatic carbocycles. The highest BCUT2D eigenvalue weighted by molar-refractivity contribution is 5.92. The molecule has 1 fully saturated rings. The van der Waals surface area contributed by atoms with E-state index in [0.29, 0.717) is 24.4 Å². The van der Waals surface area contributed by atoms with E-state index in [9.17, 15) is 22.8 Å². The number of carbonyl (C=O) groups is 1. The Morgan fingerprint density at radius 3 is 2.37 bits per heavy atom. The summed E-state index contributed by atoms with van der Waals surface area (Å²) in [5.74, 6) is -0.330. The van der Waals surface area contributed by atoms with Gasteiger partial charge < -0.3 is 5.32 Å². The lowest BCUT2D eigenvalue weighted by atomic mass is 9.82. The molecule has 9 heteroatoms. The van der Waals surface area contributed by atoms with E-state index < -0.39 is 17.6 Å². The van der Waals surface area contributed by atoms with Crippen LogP contribution in [0.4, 0.5) is 13.2 Å². The summed E-state index contributed by atoms with van der Waals surface area (Å²) in [4.78, 5) is 27.9. The molecule has 2 heterocycles. The average molecular weight is 416 g/mol. The van der Waals surface area contributed by atoms with Crippen molar-refractivity contribution in [2.45, 2.75) is 43.8 Å². The fraction of sp³-hybridized carbons (Fsp3) is 0.333. The normalized spacial score (nSPS) is 19.6. The molecule has 1 aliphatic rings. The third-order valence-corrected chi connectivity index (χ3v) is 5.50. The van der Waals surface area contributed by atoms with Crippen LogP contribution in [0.2, 0.25) is 0 Å². The molecular formula is C21H19F3N4O2. The number of aromatic amines is 1. The number of nitrogens with zero attached hydrogens (tertiary/aromatic N) is 2. The summed E-state index contributed by atoms with van der Waals surface area (Å²) in [6, 6.07) is 9.18. The highest BCUT2D eigenvalue weighted by atomic mass is 19.4. The summed E-state index contributed by atoms with van der Waals surface area (Å²) in [5.41, 5.74) is -0.308. The predicted octanol–water partition coefficient (Wildman–Crippen LogP) is 3.79. The molecule has 0 unspecified atom stereocenters. The number of nitrogens with one attached hydrogen (secondary N) is 2. The molecule has 0 radical (unpaired) electrons. The quantitative estimate of drug-likeness (QED) is 0.680. The van der Waals surface area contributed by atoms with Crippen LogP contribution in [0.3, 0.4) is 0 Å². The summed E-state index contributed by atoms with van der Waals surface area (Å²) in [7, 11) is 0. The van der Waals surface area contributed by atoms with Gasteiger partial charge in [0.05, 0.1) is 16.6 Å². The lowest BCUT2D eigenvalue weighted by Crippen LogP contribution is -2.38. The van der Waals surface area contributed by atoms with Gasteiger partial charge in [-0.05, 0) is 43.9 Å². The van der Waals surface area contributed by atoms with Crippen molar-refractivity contribution in [2.75, 3.05) is 0 Å². The second-order valence-corrected chi connectivity index (χ2v) is 7.44. The molecule has 3 aromatic rings. The zero-order valence-electron chi connectivity index (χ0n) is 15.9. The molecule has 0 spiro atoms. The Labute approximate surface area is 169 Å². The molecule has 0 atom stereocenters. The minimum absolute atomic E-state index is 0.0431. The van der Waals surface area contributed by atoms with E-state index in [0.717, 1.165) is 36.1 Å². The van der Waals surface area contributed by atoms with Crippen LogP contribution in [-0.2, 0) is 6.18 Å². The standard InChI is InChI=1S/C21H19F3N4O2/c22-21(23,24)13-7-10-17(25-11-13)20(30)26-14-8-5-12(6-9-14)18-15-3-1-2-4-16(15)19(29)28-27-18/h1-4,7,10-12,14H,5-6,8-9H2,(H,26,30)(H,28,29). The summed E-state index contributed by atoms with van der Waals surface area (Å²) < 4.78 is 37.9. The van der Waals surface area contributed by atoms with Crippen LogP contribution in [0.1, 0.15) is 53.3 Å². The molecule has 1 amide bonds. The number of benzene rings is 1. The Morgan fingerprint density at radius 1 is 1.03 bits per heavy atom. The molecule has 30 heavy (non-hydrogen) atoms. The number of fused-ring (bicyclic) bond motifs is 1. The Kier molecular flexibility index (Phi) is 5.27. The van der Waals surface area contributed by atoms with Crippen molar-refractivity contribution in [3.63, 3.8) is 0 Å². The second kappa shape index (κ2) is 7.89. The fourth-order valence-corrected chi connectivity index (χ4v) is 3.91. The van der Waals surface area contributed by atoms with Gasteiger partial charge in [-0.3, -0.25) is 14.6 Å². The molecule has 0 saturated heterocycles. The van der Waals surface area contributed by atoms with Crippen LogP contribution in [-0.4, -0.2) is 27.1 Å². The summed E-state index contributed by atoms with van der Waals surface area (Å²) in [5, 5.41) is 11.1. The van der Waals surface area contributed by atoms with Crippen LogP contribution in [0, 0.1) is 0 Å². The number of rotatable bonds is 3. The van der Waals surface area contributed by atoms with Crippen LogP contribution in [0.25, 0.3) is 10.8 Å². The lowest BCUT2D eigenvalue weighted by molar-refractivity contribution is -0.137. The first kappa shape index (κ1) is 20.1. The van der Waals surface area contributed by atoms with Crippen LogP contribution in [0.15, 0.2) is 47.4 Å². The van der Waals surface area contributed by atoms with E-state index >= 15 is 0 Å². The van der Waals surface area contributed by atoms with Gasteiger partial charge >= 0.3 is 6.18 Å². The third-order valence-electron chi connectivity index (χ3n) is 5.50. The number of aromatic nitrogens is 3. The number of H-pyrrole nitrogens is 1. The van der Waals surface area contributed by atoms with Gasteiger partial charge in [0, 0.05) is 23.5 Å². The number of carbonyl (C=O) groups excluding carboxylic acids is 1. The van der Waals surface area contributed by atoms with Crippen LogP contribution in [0.5, 0.6) is 0 Å². The highest BCUT2D eigenvalue weighted by Gasteiger charge is 2.31. The molecule has 156 valence electrons. The predicted molar refractivity (Wildman–Crippen MR) is 104 cm³/mol. The van der Waals surface area contributed by atoms with Crippen molar-refractivity contribution in [1.29, 1.82) is 0 Å². The first-order valence-electron chi connectivity index (χ1n) is 9.64. The summed E-state index contributed by atoms with van der Waals surface area (Å²) >= 11 is 0. The van der Waals surface area contributed by atoms with Crippen LogP contribution >= 0.6 is 0 Å². The largest absolute Gasteiger partial charge is 0.417 e. The topological polar surface area (TPSA) is 87.7 Å². The number of pyridine rings is 1. The molecule has 2 N–H and O–H groups in total. The van der Waals surface area contributed by atoms with Gasteiger partial charge in [-0.1, -0.05) is 18.2 Å². The number of amides is 1. The van der Waals surface area contributed by atoms with E-state index in [1.165, 1.54) is 0 Å². The Morgan fingerprint density at radius 2 is 1.73 bits per heavy atom. The number of halogens is 3. The van der Waals surface area contributed by atoms with Crippen molar-refractivity contribution in [1.82, 2.24) is 20.5 Å². The molecule has 6 nitrogen and oxygen atoms in total. The van der Waals surface area contributed by atoms with Crippen molar-refractivity contribution < 1.29 is 18.0 Å². The summed E-state index contributed by atoms with van der Waals surface area (Å²) in [6.45, 7) is 0. The number of hydrogen-bond donors (Lipinski definition) is 2. The first-order valence-corrected chi connectivity index (χ1v) is 9.64. The minimum atomic E-state index is -4.49. The monoisotopic (exact) mass is 416 g/mol. The smallest absolute Gasteiger partial charge is 0.348 e. The van der Waals surface area contributed by atoms with Gasteiger partial charge in [0.25, 0.3) is 11.5 Å². The maximum atomic E-state index is 12.6. The lowest BCUT2D eigenvalue weighted by Gasteiger charge is -2.29. The van der Waals surface area contributed by atoms with E-state index in [1.54, 1.807) is 6.07 Å². The first-order chi connectivity index (χ1) is 14.3. The number of alkyl halides is 3. The van der Waals surface area contributed by atoms with E-state index in [2.05, 4.69) is 20.5 Å². The summed E-state index contributed by atoms with van der Waals surface area (Å²) in [6.07, 6.45) is -0.875. The zero-order chi connectivity index (χ0) is 21.3. The van der Waals surface area contributed by atoms with Crippen molar-refractivity contribution in [2.24, 2.45) is 0 Å². The van der Waals surface area contributed by atoms with Gasteiger partial charge in [0.2, 0.25) is 0 Å². The van der Waals surface area contributed by atoms with Crippen molar-refractivity contribution in [3.8, 4) is 0 Å². The number of hydrogen-bond acceptors (Lipinski definition) is 4. The Hall–Kier alpha value is -3.23. The maximum Gasteiger partial charge on any atom is 0.417 e. The van der Waals surface area contributed by atoms with Gasteiger partial charge in [0.15, 0.2) is 0 Å². The van der Waals surface area contributed by atoms with E-state index in [-0.39, 0.29) is 23.2 Å². The molecule has 0 aliphatic heterocycles. The average Bonchev–Trinajstić information content (AvgIpc) is 2.74. The van der Waals surface area contributed by atoms with E-state index in [4.69, 9.17) is 0 Å². The highest BCUT2D eigenvalue weighted by Crippen LogP contribution is 2.34. The molecule has 4 rings (SSSR count). The van der Waals surface area contributed by atoms with Gasteiger partial charge in [0.1, 0.15) is 5.69 Å². The minimum Gasteiger partial charge on any atom is -0.348 e. The SMILES string of the molecule is O=C(NC1CCC(c2n[nH]c(=O)c3ccccc23)CC1)c1ccc(C(F)(F)F)cn1. The Bertz CT molecular complexity index is 1120. The molecule has 2 aromatic heterocycles. The fourth-order valence-electron chi connectivity index (χ4n) is 3.91. The second-order valence-electron chi connectivity index (χ2n) is 7.44. The molecular weight excluding hydrogens is 397 g/mol. The Balaban J connectivity index is 1.40. The van der Waals surface area contributed by atoms with Crippen molar-refractivity contribution >= 4 is 16.7 Å². The maximum absolute atomic E-state index is 12.6. The van der Waals surface area contributed by atoms with Crippen molar-refractivity contribution in [3.05, 3.63) is 69.9 Å². The van der Waals surface area contributed by atoms with Crippen LogP contribution < -0.4 is 10.9 Å². The van der Waals surface area contributed by atoms with Gasteiger partial charge in [-0.2, -0.15) is 18.3 Å². The molecule has 0 bridgehead atoms. The third kappa shape index (κ3) is 4.05.